The van der Waals surface area contributed by atoms with E-state index < -0.39 is 42.4 Å². The standard InChI is InChI=1S/C10H15N3O6/c1-4-8(16)11-10(17)13(12-4)9-7(18-2)6(15)5(3-14)19-9/h5-7,9,14-15H,3H2,1-2H3,(H,11,16,17)/t5-,6-,7-,9-/m1/s1. The molecule has 1 aliphatic heterocycles. The molecule has 9 nitrogen and oxygen atoms in total. The van der Waals surface area contributed by atoms with Crippen LogP contribution in [-0.2, 0) is 9.47 Å². The molecule has 19 heavy (non-hydrogen) atoms. The summed E-state index contributed by atoms with van der Waals surface area (Å²) in [5.74, 6) is 0. The van der Waals surface area contributed by atoms with Gasteiger partial charge < -0.3 is 19.7 Å². The smallest absolute Gasteiger partial charge is 0.347 e. The van der Waals surface area contributed by atoms with Crippen molar-refractivity contribution >= 4 is 0 Å². The van der Waals surface area contributed by atoms with E-state index in [-0.39, 0.29) is 5.69 Å². The van der Waals surface area contributed by atoms with Gasteiger partial charge in [0.15, 0.2) is 6.23 Å². The molecule has 0 radical (unpaired) electrons. The number of hydrogen-bond acceptors (Lipinski definition) is 7. The molecule has 0 spiro atoms. The lowest BCUT2D eigenvalue weighted by Crippen LogP contribution is -2.41. The van der Waals surface area contributed by atoms with Crippen molar-refractivity contribution in [3.05, 3.63) is 26.5 Å². The van der Waals surface area contributed by atoms with Crippen molar-refractivity contribution in [3.63, 3.8) is 0 Å². The Morgan fingerprint density at radius 2 is 2.21 bits per heavy atom. The molecule has 1 saturated heterocycles. The highest BCUT2D eigenvalue weighted by Gasteiger charge is 2.45. The molecule has 0 aliphatic carbocycles. The first-order valence-electron chi connectivity index (χ1n) is 5.66. The first kappa shape index (κ1) is 13.9. The highest BCUT2D eigenvalue weighted by Crippen LogP contribution is 2.29. The Balaban J connectivity index is 2.44. The molecule has 0 aromatic carbocycles. The number of ether oxygens (including phenoxy) is 2. The summed E-state index contributed by atoms with van der Waals surface area (Å²) < 4.78 is 11.3. The quantitative estimate of drug-likeness (QED) is 0.556. The van der Waals surface area contributed by atoms with Crippen LogP contribution in [0.4, 0.5) is 0 Å². The zero-order valence-electron chi connectivity index (χ0n) is 10.4. The van der Waals surface area contributed by atoms with Crippen LogP contribution in [0.2, 0.25) is 0 Å². The van der Waals surface area contributed by atoms with Crippen LogP contribution in [0.5, 0.6) is 0 Å². The van der Waals surface area contributed by atoms with Crippen LogP contribution in [0.3, 0.4) is 0 Å². The third kappa shape index (κ3) is 2.32. The molecule has 0 unspecified atom stereocenters. The molecule has 0 bridgehead atoms. The number of aliphatic hydroxyl groups is 2. The van der Waals surface area contributed by atoms with Crippen LogP contribution in [0, 0.1) is 6.92 Å². The predicted octanol–water partition coefficient (Wildman–Crippen LogP) is -2.49. The predicted molar refractivity (Wildman–Crippen MR) is 61.7 cm³/mol. The second-order valence-corrected chi connectivity index (χ2v) is 4.23. The Bertz CT molecular complexity index is 567. The fourth-order valence-electron chi connectivity index (χ4n) is 1.99. The summed E-state index contributed by atoms with van der Waals surface area (Å²) in [5.41, 5.74) is -1.28. The maximum atomic E-state index is 11.7. The molecular formula is C10H15N3O6. The SMILES string of the molecule is CO[C@@H]1[C@H](O)[C@@H](CO)O[C@H]1n1nc(C)c(=O)[nH]c1=O. The Hall–Kier alpha value is -1.55. The second-order valence-electron chi connectivity index (χ2n) is 4.23. The van der Waals surface area contributed by atoms with E-state index in [2.05, 4.69) is 10.1 Å². The molecule has 1 aromatic heterocycles. The molecule has 2 heterocycles. The average molecular weight is 273 g/mol. The van der Waals surface area contributed by atoms with Gasteiger partial charge in [0, 0.05) is 7.11 Å². The summed E-state index contributed by atoms with van der Waals surface area (Å²) in [6.07, 6.45) is -3.86. The number of nitrogens with zero attached hydrogens (tertiary/aromatic N) is 2. The van der Waals surface area contributed by atoms with Gasteiger partial charge in [0.25, 0.3) is 5.56 Å². The molecule has 0 amide bonds. The molecule has 1 fully saturated rings. The summed E-state index contributed by atoms with van der Waals surface area (Å²) in [6.45, 7) is 1.01. The van der Waals surface area contributed by atoms with E-state index in [4.69, 9.17) is 14.6 Å². The molecule has 4 atom stereocenters. The van der Waals surface area contributed by atoms with Crippen LogP contribution in [0.15, 0.2) is 9.59 Å². The largest absolute Gasteiger partial charge is 0.394 e. The fourth-order valence-corrected chi connectivity index (χ4v) is 1.99. The molecule has 1 aliphatic rings. The summed E-state index contributed by atoms with van der Waals surface area (Å²) in [7, 11) is 1.34. The minimum Gasteiger partial charge on any atom is -0.394 e. The second kappa shape index (κ2) is 5.21. The maximum Gasteiger partial charge on any atom is 0.347 e. The molecule has 1 aromatic rings. The van der Waals surface area contributed by atoms with E-state index in [1.807, 2.05) is 0 Å². The van der Waals surface area contributed by atoms with Gasteiger partial charge in [-0.15, -0.1) is 0 Å². The van der Waals surface area contributed by atoms with Crippen LogP contribution < -0.4 is 11.2 Å². The van der Waals surface area contributed by atoms with Gasteiger partial charge in [0.1, 0.15) is 24.0 Å². The summed E-state index contributed by atoms with van der Waals surface area (Å²) >= 11 is 0. The number of methoxy groups -OCH3 is 1. The number of aryl methyl sites for hydroxylation is 1. The normalized spacial score (nSPS) is 30.7. The van der Waals surface area contributed by atoms with E-state index in [0.29, 0.717) is 0 Å². The van der Waals surface area contributed by atoms with Crippen molar-refractivity contribution < 1.29 is 19.7 Å². The van der Waals surface area contributed by atoms with Gasteiger partial charge in [-0.25, -0.2) is 4.79 Å². The van der Waals surface area contributed by atoms with Gasteiger partial charge in [0.2, 0.25) is 0 Å². The zero-order valence-corrected chi connectivity index (χ0v) is 10.4. The van der Waals surface area contributed by atoms with Crippen molar-refractivity contribution in [3.8, 4) is 0 Å². The van der Waals surface area contributed by atoms with Crippen molar-refractivity contribution in [2.45, 2.75) is 31.5 Å². The summed E-state index contributed by atoms with van der Waals surface area (Å²) in [4.78, 5) is 25.0. The third-order valence-electron chi connectivity index (χ3n) is 3.02. The number of aromatic nitrogens is 3. The van der Waals surface area contributed by atoms with Crippen LogP contribution in [0.25, 0.3) is 0 Å². The van der Waals surface area contributed by atoms with Gasteiger partial charge in [-0.3, -0.25) is 9.78 Å². The van der Waals surface area contributed by atoms with Crippen LogP contribution >= 0.6 is 0 Å². The van der Waals surface area contributed by atoms with Gasteiger partial charge in [0.05, 0.1) is 6.61 Å². The Morgan fingerprint density at radius 3 is 2.79 bits per heavy atom. The van der Waals surface area contributed by atoms with Crippen molar-refractivity contribution in [1.29, 1.82) is 0 Å². The average Bonchev–Trinajstić information content (AvgIpc) is 2.70. The number of aromatic amines is 1. The minimum absolute atomic E-state index is 0.0833. The molecule has 106 valence electrons. The van der Waals surface area contributed by atoms with Gasteiger partial charge in [-0.05, 0) is 6.92 Å². The molecular weight excluding hydrogens is 258 g/mol. The highest BCUT2D eigenvalue weighted by molar-refractivity contribution is 4.93. The fraction of sp³-hybridized carbons (Fsp3) is 0.700. The Labute approximate surface area is 107 Å². The van der Waals surface area contributed by atoms with Crippen LogP contribution in [0.1, 0.15) is 11.9 Å². The number of rotatable bonds is 3. The number of aliphatic hydroxyl groups excluding tert-OH is 2. The van der Waals surface area contributed by atoms with E-state index in [1.54, 1.807) is 0 Å². The minimum atomic E-state index is -1.10. The zero-order chi connectivity index (χ0) is 14.2. The van der Waals surface area contributed by atoms with E-state index in [1.165, 1.54) is 14.0 Å². The Morgan fingerprint density at radius 1 is 1.53 bits per heavy atom. The van der Waals surface area contributed by atoms with E-state index in [9.17, 15) is 14.7 Å². The van der Waals surface area contributed by atoms with Crippen molar-refractivity contribution in [2.24, 2.45) is 0 Å². The summed E-state index contributed by atoms with van der Waals surface area (Å²) in [5, 5.41) is 22.8. The molecule has 9 heteroatoms. The van der Waals surface area contributed by atoms with Crippen molar-refractivity contribution in [2.75, 3.05) is 13.7 Å². The van der Waals surface area contributed by atoms with Gasteiger partial charge in [-0.2, -0.15) is 9.78 Å². The number of H-pyrrole nitrogens is 1. The molecule has 3 N–H and O–H groups in total. The van der Waals surface area contributed by atoms with Crippen LogP contribution in [-0.4, -0.2) is 57.0 Å². The topological polar surface area (TPSA) is 127 Å². The maximum absolute atomic E-state index is 11.7. The van der Waals surface area contributed by atoms with Gasteiger partial charge in [-0.1, -0.05) is 0 Å². The third-order valence-corrected chi connectivity index (χ3v) is 3.02. The molecule has 2 rings (SSSR count). The Kier molecular flexibility index (Phi) is 3.80. The summed E-state index contributed by atoms with van der Waals surface area (Å²) in [6, 6.07) is 0. The lowest BCUT2D eigenvalue weighted by molar-refractivity contribution is -0.0698. The van der Waals surface area contributed by atoms with E-state index >= 15 is 0 Å². The first-order valence-corrected chi connectivity index (χ1v) is 5.66. The van der Waals surface area contributed by atoms with Gasteiger partial charge >= 0.3 is 5.69 Å². The number of nitrogens with one attached hydrogen (secondary N) is 1. The van der Waals surface area contributed by atoms with E-state index in [0.717, 1.165) is 4.68 Å². The highest BCUT2D eigenvalue weighted by atomic mass is 16.6. The lowest BCUT2D eigenvalue weighted by atomic mass is 10.1. The lowest BCUT2D eigenvalue weighted by Gasteiger charge is -2.19. The monoisotopic (exact) mass is 273 g/mol. The molecule has 0 saturated carbocycles. The number of hydrogen-bond donors (Lipinski definition) is 3. The first-order chi connectivity index (χ1) is 8.99. The van der Waals surface area contributed by atoms with Crippen molar-refractivity contribution in [1.82, 2.24) is 14.8 Å².